The van der Waals surface area contributed by atoms with E-state index in [2.05, 4.69) is 4.98 Å². The van der Waals surface area contributed by atoms with E-state index in [1.54, 1.807) is 20.8 Å². The molecule has 0 saturated heterocycles. The highest BCUT2D eigenvalue weighted by Crippen LogP contribution is 2.31. The van der Waals surface area contributed by atoms with Gasteiger partial charge in [0.15, 0.2) is 0 Å². The monoisotopic (exact) mass is 327 g/mol. The molecule has 0 spiro atoms. The first-order valence-corrected chi connectivity index (χ1v) is 7.96. The molecular weight excluding hydrogens is 300 g/mol. The van der Waals surface area contributed by atoms with Crippen LogP contribution in [-0.4, -0.2) is 16.6 Å². The fraction of sp³-hybridized carbons (Fsp3) is 0.667. The number of pyridine rings is 1. The highest BCUT2D eigenvalue weighted by atomic mass is 19.3. The maximum absolute atomic E-state index is 13.1. The molecular formula is C18H27F2NO2. The lowest BCUT2D eigenvalue weighted by Crippen LogP contribution is -2.26. The number of ether oxygens (including phenoxy) is 1. The molecule has 1 aromatic heterocycles. The van der Waals surface area contributed by atoms with E-state index >= 15 is 0 Å². The number of halogens is 2. The van der Waals surface area contributed by atoms with Gasteiger partial charge >= 0.3 is 5.97 Å². The summed E-state index contributed by atoms with van der Waals surface area (Å²) in [5.41, 5.74) is 1.20. The molecule has 1 heterocycles. The van der Waals surface area contributed by atoms with E-state index in [0.717, 1.165) is 5.56 Å². The average molecular weight is 327 g/mol. The molecule has 1 rings (SSSR count). The van der Waals surface area contributed by atoms with Gasteiger partial charge in [-0.1, -0.05) is 27.7 Å². The Labute approximate surface area is 137 Å². The van der Waals surface area contributed by atoms with Crippen LogP contribution in [0.4, 0.5) is 8.78 Å². The lowest BCUT2D eigenvalue weighted by Gasteiger charge is -2.23. The largest absolute Gasteiger partial charge is 0.460 e. The SMILES string of the molecule is CC(C)c1cc(C(F)F)nc(C(C)C)c1CC(=O)OC(C)(C)C. The second-order valence-corrected chi connectivity index (χ2v) is 7.37. The van der Waals surface area contributed by atoms with E-state index in [1.165, 1.54) is 6.07 Å². The van der Waals surface area contributed by atoms with Crippen LogP contribution in [-0.2, 0) is 16.0 Å². The minimum atomic E-state index is -2.62. The predicted molar refractivity (Wildman–Crippen MR) is 86.9 cm³/mol. The van der Waals surface area contributed by atoms with Gasteiger partial charge in [0.2, 0.25) is 0 Å². The third-order valence-electron chi connectivity index (χ3n) is 3.34. The van der Waals surface area contributed by atoms with Crippen molar-refractivity contribution in [3.63, 3.8) is 0 Å². The Morgan fingerprint density at radius 2 is 1.74 bits per heavy atom. The first-order valence-electron chi connectivity index (χ1n) is 7.96. The molecule has 0 saturated carbocycles. The molecule has 0 unspecified atom stereocenters. The summed E-state index contributed by atoms with van der Waals surface area (Å²) < 4.78 is 31.6. The number of hydrogen-bond acceptors (Lipinski definition) is 3. The normalized spacial score (nSPS) is 12.3. The van der Waals surface area contributed by atoms with Gasteiger partial charge in [0, 0.05) is 5.69 Å². The van der Waals surface area contributed by atoms with Gasteiger partial charge in [-0.25, -0.2) is 8.78 Å². The molecule has 5 heteroatoms. The van der Waals surface area contributed by atoms with Gasteiger partial charge in [-0.15, -0.1) is 0 Å². The van der Waals surface area contributed by atoms with Crippen LogP contribution >= 0.6 is 0 Å². The van der Waals surface area contributed by atoms with Crippen molar-refractivity contribution in [3.05, 3.63) is 28.6 Å². The third kappa shape index (κ3) is 5.56. The topological polar surface area (TPSA) is 39.2 Å². The fourth-order valence-corrected chi connectivity index (χ4v) is 2.45. The van der Waals surface area contributed by atoms with Gasteiger partial charge in [0.25, 0.3) is 6.43 Å². The Bertz CT molecular complexity index is 532. The summed E-state index contributed by atoms with van der Waals surface area (Å²) in [6.07, 6.45) is -2.57. The van der Waals surface area contributed by atoms with Crippen molar-refractivity contribution < 1.29 is 18.3 Å². The zero-order valence-corrected chi connectivity index (χ0v) is 15.0. The molecule has 0 amide bonds. The molecule has 0 radical (unpaired) electrons. The van der Waals surface area contributed by atoms with Crippen molar-refractivity contribution in [1.82, 2.24) is 4.98 Å². The van der Waals surface area contributed by atoms with Crippen LogP contribution < -0.4 is 0 Å². The molecule has 0 N–H and O–H groups in total. The number of hydrogen-bond donors (Lipinski definition) is 0. The van der Waals surface area contributed by atoms with Crippen molar-refractivity contribution in [1.29, 1.82) is 0 Å². The van der Waals surface area contributed by atoms with Crippen LogP contribution in [0.3, 0.4) is 0 Å². The zero-order chi connectivity index (χ0) is 17.9. The summed E-state index contributed by atoms with van der Waals surface area (Å²) in [6.45, 7) is 13.0. The third-order valence-corrected chi connectivity index (χ3v) is 3.34. The predicted octanol–water partition coefficient (Wildman–Crippen LogP) is 5.15. The number of carbonyl (C=O) groups is 1. The van der Waals surface area contributed by atoms with Crippen LogP contribution in [0.25, 0.3) is 0 Å². The lowest BCUT2D eigenvalue weighted by atomic mass is 9.90. The molecule has 0 aliphatic rings. The van der Waals surface area contributed by atoms with Crippen molar-refractivity contribution in [2.75, 3.05) is 0 Å². The Morgan fingerprint density at radius 1 is 1.17 bits per heavy atom. The summed E-state index contributed by atoms with van der Waals surface area (Å²) in [5.74, 6) is -0.401. The van der Waals surface area contributed by atoms with Gasteiger partial charge in [-0.3, -0.25) is 9.78 Å². The number of nitrogens with zero attached hydrogens (tertiary/aromatic N) is 1. The molecule has 0 fully saturated rings. The number of carbonyl (C=O) groups excluding carboxylic acids is 1. The van der Waals surface area contributed by atoms with E-state index in [1.807, 2.05) is 27.7 Å². The lowest BCUT2D eigenvalue weighted by molar-refractivity contribution is -0.153. The smallest absolute Gasteiger partial charge is 0.310 e. The van der Waals surface area contributed by atoms with Crippen molar-refractivity contribution in [2.24, 2.45) is 0 Å². The summed E-state index contributed by atoms with van der Waals surface area (Å²) in [7, 11) is 0. The summed E-state index contributed by atoms with van der Waals surface area (Å²) in [4.78, 5) is 16.3. The van der Waals surface area contributed by atoms with Gasteiger partial charge in [-0.05, 0) is 49.8 Å². The van der Waals surface area contributed by atoms with E-state index in [-0.39, 0.29) is 29.9 Å². The molecule has 130 valence electrons. The van der Waals surface area contributed by atoms with Crippen molar-refractivity contribution >= 4 is 5.97 Å². The standard InChI is InChI=1S/C18H27F2NO2/c1-10(2)12-8-14(17(19)20)21-16(11(3)4)13(12)9-15(22)23-18(5,6)7/h8,10-11,17H,9H2,1-7H3. The maximum atomic E-state index is 13.1. The molecule has 0 atom stereocenters. The molecule has 1 aromatic rings. The highest BCUT2D eigenvalue weighted by molar-refractivity contribution is 5.74. The highest BCUT2D eigenvalue weighted by Gasteiger charge is 2.24. The van der Waals surface area contributed by atoms with E-state index in [9.17, 15) is 13.6 Å². The number of rotatable bonds is 5. The van der Waals surface area contributed by atoms with Crippen LogP contribution in [0, 0.1) is 0 Å². The molecule has 0 aliphatic carbocycles. The molecule has 0 aromatic carbocycles. The second kappa shape index (κ2) is 7.37. The minimum Gasteiger partial charge on any atom is -0.460 e. The number of alkyl halides is 2. The number of aromatic nitrogens is 1. The maximum Gasteiger partial charge on any atom is 0.310 e. The van der Waals surface area contributed by atoms with Crippen LogP contribution in [0.2, 0.25) is 0 Å². The van der Waals surface area contributed by atoms with Gasteiger partial charge in [-0.2, -0.15) is 0 Å². The minimum absolute atomic E-state index is 0.0189. The zero-order valence-electron chi connectivity index (χ0n) is 15.0. The van der Waals surface area contributed by atoms with Gasteiger partial charge in [0.05, 0.1) is 6.42 Å². The molecule has 0 aliphatic heterocycles. The Hall–Kier alpha value is -1.52. The summed E-state index contributed by atoms with van der Waals surface area (Å²) >= 11 is 0. The second-order valence-electron chi connectivity index (χ2n) is 7.37. The summed E-state index contributed by atoms with van der Waals surface area (Å²) in [6, 6.07) is 1.42. The van der Waals surface area contributed by atoms with E-state index < -0.39 is 12.0 Å². The van der Waals surface area contributed by atoms with Crippen LogP contribution in [0.15, 0.2) is 6.07 Å². The molecule has 0 bridgehead atoms. The van der Waals surface area contributed by atoms with Crippen molar-refractivity contribution in [2.45, 2.75) is 78.7 Å². The number of esters is 1. The van der Waals surface area contributed by atoms with E-state index in [4.69, 9.17) is 4.74 Å². The summed E-state index contributed by atoms with van der Waals surface area (Å²) in [5, 5.41) is 0. The van der Waals surface area contributed by atoms with Gasteiger partial charge in [0.1, 0.15) is 11.3 Å². The first kappa shape index (κ1) is 19.5. The molecule has 3 nitrogen and oxygen atoms in total. The van der Waals surface area contributed by atoms with Crippen LogP contribution in [0.5, 0.6) is 0 Å². The Kier molecular flexibility index (Phi) is 6.25. The Balaban J connectivity index is 3.35. The quantitative estimate of drug-likeness (QED) is 0.702. The fourth-order valence-electron chi connectivity index (χ4n) is 2.45. The molecule has 23 heavy (non-hydrogen) atoms. The average Bonchev–Trinajstić information content (AvgIpc) is 2.35. The van der Waals surface area contributed by atoms with Gasteiger partial charge < -0.3 is 4.74 Å². The van der Waals surface area contributed by atoms with Crippen LogP contribution in [0.1, 0.15) is 89.2 Å². The first-order chi connectivity index (χ1) is 10.4. The van der Waals surface area contributed by atoms with E-state index in [0.29, 0.717) is 11.3 Å². The van der Waals surface area contributed by atoms with Crippen molar-refractivity contribution in [3.8, 4) is 0 Å². The Morgan fingerprint density at radius 3 is 2.13 bits per heavy atom.